The van der Waals surface area contributed by atoms with Crippen molar-refractivity contribution in [1.29, 1.82) is 0 Å². The molecule has 4 rings (SSSR count). The normalized spacial score (nSPS) is 18.6. The average molecular weight is 442 g/mol. The van der Waals surface area contributed by atoms with Gasteiger partial charge in [-0.1, -0.05) is 31.0 Å². The lowest BCUT2D eigenvalue weighted by Crippen LogP contribution is -2.48. The van der Waals surface area contributed by atoms with Crippen molar-refractivity contribution in [3.63, 3.8) is 0 Å². The second-order valence-electron chi connectivity index (χ2n) is 8.46. The van der Waals surface area contributed by atoms with Crippen LogP contribution in [-0.2, 0) is 10.0 Å². The third kappa shape index (κ3) is 4.93. The molecular weight excluding hydrogens is 410 g/mol. The average Bonchev–Trinajstić information content (AvgIpc) is 3.09. The fourth-order valence-corrected chi connectivity index (χ4v) is 5.96. The van der Waals surface area contributed by atoms with Crippen LogP contribution in [0.4, 0.5) is 5.69 Å². The summed E-state index contributed by atoms with van der Waals surface area (Å²) in [6.07, 6.45) is 3.92. The summed E-state index contributed by atoms with van der Waals surface area (Å²) in [6.45, 7) is 5.96. The minimum Gasteiger partial charge on any atom is -0.368 e. The quantitative estimate of drug-likeness (QED) is 0.728. The van der Waals surface area contributed by atoms with Crippen LogP contribution in [0.2, 0.25) is 0 Å². The molecule has 0 aromatic heterocycles. The zero-order chi connectivity index (χ0) is 21.8. The number of nitrogens with zero attached hydrogens (tertiary/aromatic N) is 3. The molecule has 2 aliphatic heterocycles. The number of rotatable bonds is 4. The summed E-state index contributed by atoms with van der Waals surface area (Å²) in [6, 6.07) is 14.9. The van der Waals surface area contributed by atoms with Crippen LogP contribution in [-0.4, -0.2) is 62.8 Å². The fraction of sp³-hybridized carbons (Fsp3) is 0.458. The van der Waals surface area contributed by atoms with E-state index in [1.807, 2.05) is 4.90 Å². The molecule has 0 spiro atoms. The van der Waals surface area contributed by atoms with Crippen molar-refractivity contribution in [2.24, 2.45) is 0 Å². The van der Waals surface area contributed by atoms with Crippen LogP contribution in [0.5, 0.6) is 0 Å². The monoisotopic (exact) mass is 441 g/mol. The van der Waals surface area contributed by atoms with Crippen LogP contribution in [0.1, 0.15) is 41.6 Å². The van der Waals surface area contributed by atoms with E-state index in [2.05, 4.69) is 36.1 Å². The molecular formula is C24H31N3O3S. The van der Waals surface area contributed by atoms with Crippen LogP contribution < -0.4 is 4.90 Å². The summed E-state index contributed by atoms with van der Waals surface area (Å²) in [5, 5.41) is 0. The molecule has 0 unspecified atom stereocenters. The summed E-state index contributed by atoms with van der Waals surface area (Å²) < 4.78 is 27.8. The number of carbonyl (C=O) groups is 1. The van der Waals surface area contributed by atoms with E-state index in [0.717, 1.165) is 38.8 Å². The smallest absolute Gasteiger partial charge is 0.254 e. The van der Waals surface area contributed by atoms with Crippen LogP contribution >= 0.6 is 0 Å². The molecule has 0 saturated carbocycles. The van der Waals surface area contributed by atoms with Crippen molar-refractivity contribution in [3.8, 4) is 0 Å². The zero-order valence-corrected chi connectivity index (χ0v) is 19.0. The number of hydrogen-bond acceptors (Lipinski definition) is 4. The molecule has 2 aromatic carbocycles. The Kier molecular flexibility index (Phi) is 6.62. The maximum atomic E-state index is 13.1. The van der Waals surface area contributed by atoms with Crippen molar-refractivity contribution < 1.29 is 13.2 Å². The molecule has 2 fully saturated rings. The SMILES string of the molecule is Cc1cccc(N2CCN(C(=O)c3cccc(S(=O)(=O)N4CCCCCC4)c3)CC2)c1. The van der Waals surface area contributed by atoms with Crippen molar-refractivity contribution in [2.45, 2.75) is 37.5 Å². The van der Waals surface area contributed by atoms with Crippen LogP contribution in [0.3, 0.4) is 0 Å². The molecule has 31 heavy (non-hydrogen) atoms. The van der Waals surface area contributed by atoms with Gasteiger partial charge in [-0.2, -0.15) is 4.31 Å². The highest BCUT2D eigenvalue weighted by atomic mass is 32.2. The Balaban J connectivity index is 1.45. The molecule has 7 heteroatoms. The number of sulfonamides is 1. The highest BCUT2D eigenvalue weighted by Crippen LogP contribution is 2.23. The molecule has 166 valence electrons. The summed E-state index contributed by atoms with van der Waals surface area (Å²) >= 11 is 0. The van der Waals surface area contributed by atoms with Gasteiger partial charge in [0.15, 0.2) is 0 Å². The predicted molar refractivity (Wildman–Crippen MR) is 123 cm³/mol. The largest absolute Gasteiger partial charge is 0.368 e. The molecule has 0 N–H and O–H groups in total. The maximum absolute atomic E-state index is 13.1. The number of benzene rings is 2. The van der Waals surface area contributed by atoms with E-state index in [1.165, 1.54) is 11.3 Å². The molecule has 0 aliphatic carbocycles. The Labute approximate surface area is 185 Å². The molecule has 2 aliphatic rings. The number of piperazine rings is 1. The molecule has 2 aromatic rings. The van der Waals surface area contributed by atoms with Gasteiger partial charge in [0.2, 0.25) is 10.0 Å². The molecule has 2 saturated heterocycles. The summed E-state index contributed by atoms with van der Waals surface area (Å²) in [7, 11) is -3.57. The second-order valence-corrected chi connectivity index (χ2v) is 10.4. The van der Waals surface area contributed by atoms with E-state index in [0.29, 0.717) is 31.7 Å². The van der Waals surface area contributed by atoms with Crippen LogP contribution in [0.15, 0.2) is 53.4 Å². The topological polar surface area (TPSA) is 60.9 Å². The lowest BCUT2D eigenvalue weighted by molar-refractivity contribution is 0.0746. The van der Waals surface area contributed by atoms with E-state index in [-0.39, 0.29) is 10.8 Å². The van der Waals surface area contributed by atoms with Crippen molar-refractivity contribution in [2.75, 3.05) is 44.2 Å². The fourth-order valence-electron chi connectivity index (χ4n) is 4.40. The lowest BCUT2D eigenvalue weighted by atomic mass is 10.1. The van der Waals surface area contributed by atoms with Gasteiger partial charge in [-0.05, 0) is 55.7 Å². The van der Waals surface area contributed by atoms with Gasteiger partial charge in [0.05, 0.1) is 4.90 Å². The third-order valence-corrected chi connectivity index (χ3v) is 8.11. The first-order chi connectivity index (χ1) is 14.9. The zero-order valence-electron chi connectivity index (χ0n) is 18.2. The minimum atomic E-state index is -3.57. The Hall–Kier alpha value is -2.38. The molecule has 2 heterocycles. The van der Waals surface area contributed by atoms with Gasteiger partial charge in [0.1, 0.15) is 0 Å². The molecule has 0 bridgehead atoms. The number of anilines is 1. The van der Waals surface area contributed by atoms with E-state index in [1.54, 1.807) is 28.6 Å². The standard InChI is InChI=1S/C24H31N3O3S/c1-20-8-6-10-22(18-20)25-14-16-26(17-15-25)24(28)21-9-7-11-23(19-21)31(29,30)27-12-4-2-3-5-13-27/h6-11,18-19H,2-5,12-17H2,1H3. The lowest BCUT2D eigenvalue weighted by Gasteiger charge is -2.36. The Morgan fingerprint density at radius 3 is 2.16 bits per heavy atom. The van der Waals surface area contributed by atoms with Crippen LogP contribution in [0.25, 0.3) is 0 Å². The first kappa shape index (κ1) is 21.8. The van der Waals surface area contributed by atoms with Crippen LogP contribution in [0, 0.1) is 6.92 Å². The predicted octanol–water partition coefficient (Wildman–Crippen LogP) is 3.52. The first-order valence-electron chi connectivity index (χ1n) is 11.2. The summed E-state index contributed by atoms with van der Waals surface area (Å²) in [5.41, 5.74) is 2.84. The number of amides is 1. The number of aryl methyl sites for hydroxylation is 1. The first-order valence-corrected chi connectivity index (χ1v) is 12.6. The number of carbonyl (C=O) groups excluding carboxylic acids is 1. The molecule has 6 nitrogen and oxygen atoms in total. The van der Waals surface area contributed by atoms with Gasteiger partial charge in [0, 0.05) is 50.5 Å². The van der Waals surface area contributed by atoms with Gasteiger partial charge in [-0.15, -0.1) is 0 Å². The highest BCUT2D eigenvalue weighted by molar-refractivity contribution is 7.89. The van der Waals surface area contributed by atoms with E-state index in [9.17, 15) is 13.2 Å². The third-order valence-electron chi connectivity index (χ3n) is 6.22. The van der Waals surface area contributed by atoms with Crippen molar-refractivity contribution in [1.82, 2.24) is 9.21 Å². The van der Waals surface area contributed by atoms with Crippen molar-refractivity contribution >= 4 is 21.6 Å². The summed E-state index contributed by atoms with van der Waals surface area (Å²) in [5.74, 6) is -0.100. The second kappa shape index (κ2) is 9.40. The Morgan fingerprint density at radius 1 is 0.806 bits per heavy atom. The number of hydrogen-bond donors (Lipinski definition) is 0. The van der Waals surface area contributed by atoms with Gasteiger partial charge in [-0.25, -0.2) is 8.42 Å². The minimum absolute atomic E-state index is 0.100. The molecule has 1 amide bonds. The van der Waals surface area contributed by atoms with E-state index >= 15 is 0 Å². The van der Waals surface area contributed by atoms with Gasteiger partial charge < -0.3 is 9.80 Å². The van der Waals surface area contributed by atoms with Gasteiger partial charge >= 0.3 is 0 Å². The molecule has 0 atom stereocenters. The highest BCUT2D eigenvalue weighted by Gasteiger charge is 2.27. The van der Waals surface area contributed by atoms with E-state index < -0.39 is 10.0 Å². The Bertz CT molecular complexity index is 1020. The molecule has 0 radical (unpaired) electrons. The Morgan fingerprint density at radius 2 is 1.48 bits per heavy atom. The maximum Gasteiger partial charge on any atom is 0.254 e. The van der Waals surface area contributed by atoms with Crippen molar-refractivity contribution in [3.05, 3.63) is 59.7 Å². The van der Waals surface area contributed by atoms with E-state index in [4.69, 9.17) is 0 Å². The van der Waals surface area contributed by atoms with Gasteiger partial charge in [0.25, 0.3) is 5.91 Å². The summed E-state index contributed by atoms with van der Waals surface area (Å²) in [4.78, 5) is 17.4. The van der Waals surface area contributed by atoms with Gasteiger partial charge in [-0.3, -0.25) is 4.79 Å².